The standard InChI is InChI=1S/C5H13NO2Si2/c1-6(2)5(7)3-4-10-8-9/h3-4H,10H2,1-2,9H3. The summed E-state index contributed by atoms with van der Waals surface area (Å²) in [7, 11) is 3.73. The fraction of sp³-hybridized carbons (Fsp3) is 0.400. The van der Waals surface area contributed by atoms with Gasteiger partial charge in [-0.1, -0.05) is 5.70 Å². The first-order valence-electron chi connectivity index (χ1n) is 3.05. The minimum atomic E-state index is -0.519. The van der Waals surface area contributed by atoms with Gasteiger partial charge >= 0.3 is 0 Å². The van der Waals surface area contributed by atoms with Gasteiger partial charge < -0.3 is 9.02 Å². The summed E-state index contributed by atoms with van der Waals surface area (Å²) in [5, 5.41) is 0. The van der Waals surface area contributed by atoms with Gasteiger partial charge in [0.2, 0.25) is 5.91 Å². The van der Waals surface area contributed by atoms with E-state index in [4.69, 9.17) is 4.12 Å². The summed E-state index contributed by atoms with van der Waals surface area (Å²) in [6.45, 7) is 0. The predicted octanol–water partition coefficient (Wildman–Crippen LogP) is -2.03. The van der Waals surface area contributed by atoms with Crippen molar-refractivity contribution in [2.45, 2.75) is 0 Å². The van der Waals surface area contributed by atoms with Crippen molar-refractivity contribution >= 4 is 26.2 Å². The lowest BCUT2D eigenvalue weighted by atomic mass is 10.5. The molecule has 0 rings (SSSR count). The third-order valence-corrected chi connectivity index (χ3v) is 2.73. The van der Waals surface area contributed by atoms with Crippen LogP contribution in [-0.2, 0) is 8.91 Å². The Morgan fingerprint density at radius 2 is 2.30 bits per heavy atom. The summed E-state index contributed by atoms with van der Waals surface area (Å²) >= 11 is 0. The van der Waals surface area contributed by atoms with Crippen LogP contribution < -0.4 is 0 Å². The highest BCUT2D eigenvalue weighted by Crippen LogP contribution is 1.79. The van der Waals surface area contributed by atoms with Gasteiger partial charge in [0.05, 0.1) is 0 Å². The Morgan fingerprint density at radius 1 is 1.70 bits per heavy atom. The van der Waals surface area contributed by atoms with Crippen molar-refractivity contribution in [2.24, 2.45) is 0 Å². The van der Waals surface area contributed by atoms with Crippen LogP contribution in [-0.4, -0.2) is 45.2 Å². The Morgan fingerprint density at radius 3 is 2.70 bits per heavy atom. The molecule has 0 aliphatic rings. The maximum absolute atomic E-state index is 10.8. The first-order chi connectivity index (χ1) is 4.68. The third-order valence-electron chi connectivity index (χ3n) is 0.964. The summed E-state index contributed by atoms with van der Waals surface area (Å²) in [5.74, 6) is 0.0335. The van der Waals surface area contributed by atoms with E-state index in [1.165, 1.54) is 4.90 Å². The van der Waals surface area contributed by atoms with Crippen LogP contribution in [0.1, 0.15) is 0 Å². The molecule has 3 nitrogen and oxygen atoms in total. The summed E-state index contributed by atoms with van der Waals surface area (Å²) in [5.41, 5.74) is 1.86. The average molecular weight is 175 g/mol. The molecule has 0 saturated heterocycles. The molecule has 10 heavy (non-hydrogen) atoms. The molecule has 0 aromatic carbocycles. The Balaban J connectivity index is 3.56. The smallest absolute Gasteiger partial charge is 0.245 e. The van der Waals surface area contributed by atoms with E-state index in [0.717, 1.165) is 10.5 Å². The zero-order chi connectivity index (χ0) is 7.98. The van der Waals surface area contributed by atoms with Gasteiger partial charge in [0, 0.05) is 14.1 Å². The molecule has 0 aliphatic carbocycles. The fourth-order valence-electron chi connectivity index (χ4n) is 0.394. The molecule has 0 unspecified atom stereocenters. The molecule has 1 amide bonds. The Hall–Kier alpha value is -0.396. The molecule has 0 spiro atoms. The fourth-order valence-corrected chi connectivity index (χ4v) is 1.46. The molecular formula is C5H13NO2Si2. The van der Waals surface area contributed by atoms with Crippen LogP contribution in [0.5, 0.6) is 0 Å². The molecule has 0 atom stereocenters. The number of rotatable bonds is 3. The molecule has 0 saturated carbocycles. The number of hydrogen-bond donors (Lipinski definition) is 0. The zero-order valence-electron chi connectivity index (χ0n) is 6.63. The van der Waals surface area contributed by atoms with Crippen molar-refractivity contribution < 1.29 is 8.91 Å². The lowest BCUT2D eigenvalue weighted by Gasteiger charge is -2.04. The molecule has 0 aliphatic heterocycles. The molecule has 0 radical (unpaired) electrons. The van der Waals surface area contributed by atoms with E-state index in [9.17, 15) is 4.79 Å². The first kappa shape index (κ1) is 9.60. The molecule has 0 aromatic heterocycles. The second-order valence-electron chi connectivity index (χ2n) is 2.09. The van der Waals surface area contributed by atoms with Gasteiger partial charge in [-0.3, -0.25) is 4.79 Å². The van der Waals surface area contributed by atoms with Gasteiger partial charge in [0.25, 0.3) is 0 Å². The average Bonchev–Trinajstić information content (AvgIpc) is 1.88. The largest absolute Gasteiger partial charge is 0.465 e. The molecule has 0 bridgehead atoms. The van der Waals surface area contributed by atoms with E-state index in [0.29, 0.717) is 0 Å². The van der Waals surface area contributed by atoms with E-state index >= 15 is 0 Å². The summed E-state index contributed by atoms with van der Waals surface area (Å²) in [4.78, 5) is 12.4. The van der Waals surface area contributed by atoms with Crippen molar-refractivity contribution in [1.82, 2.24) is 4.90 Å². The molecule has 0 fully saturated rings. The van der Waals surface area contributed by atoms with E-state index in [-0.39, 0.29) is 5.91 Å². The zero-order valence-corrected chi connectivity index (χ0v) is 10.0. The van der Waals surface area contributed by atoms with E-state index < -0.39 is 9.76 Å². The Kier molecular flexibility index (Phi) is 5.18. The number of nitrogens with zero attached hydrogens (tertiary/aromatic N) is 1. The van der Waals surface area contributed by atoms with Crippen molar-refractivity contribution in [1.29, 1.82) is 0 Å². The van der Waals surface area contributed by atoms with Crippen LogP contribution in [0, 0.1) is 0 Å². The van der Waals surface area contributed by atoms with Gasteiger partial charge in [-0.15, -0.1) is 0 Å². The van der Waals surface area contributed by atoms with E-state index in [2.05, 4.69) is 0 Å². The van der Waals surface area contributed by atoms with Crippen LogP contribution in [0.3, 0.4) is 0 Å². The molecular weight excluding hydrogens is 162 g/mol. The van der Waals surface area contributed by atoms with Crippen LogP contribution >= 0.6 is 0 Å². The number of likely N-dealkylation sites (N-methyl/N-ethyl adjacent to an activating group) is 1. The van der Waals surface area contributed by atoms with Gasteiger partial charge in [-0.05, 0) is 6.08 Å². The van der Waals surface area contributed by atoms with Crippen molar-refractivity contribution in [3.05, 3.63) is 11.8 Å². The van der Waals surface area contributed by atoms with Crippen molar-refractivity contribution in [3.63, 3.8) is 0 Å². The van der Waals surface area contributed by atoms with Gasteiger partial charge in [-0.25, -0.2) is 0 Å². The van der Waals surface area contributed by atoms with Gasteiger partial charge in [0.1, 0.15) is 10.5 Å². The topological polar surface area (TPSA) is 29.5 Å². The van der Waals surface area contributed by atoms with Crippen molar-refractivity contribution in [3.8, 4) is 0 Å². The molecule has 5 heteroatoms. The van der Waals surface area contributed by atoms with Crippen LogP contribution in [0.25, 0.3) is 0 Å². The summed E-state index contributed by atoms with van der Waals surface area (Å²) in [6, 6.07) is 0. The highest BCUT2D eigenvalue weighted by molar-refractivity contribution is 6.40. The second-order valence-corrected chi connectivity index (χ2v) is 5.20. The molecule has 0 N–H and O–H groups in total. The lowest BCUT2D eigenvalue weighted by Crippen LogP contribution is -2.19. The minimum Gasteiger partial charge on any atom is -0.465 e. The lowest BCUT2D eigenvalue weighted by molar-refractivity contribution is -0.123. The number of carbonyl (C=O) groups excluding carboxylic acids is 1. The quantitative estimate of drug-likeness (QED) is 0.366. The SMILES string of the molecule is CN(C)C(=O)C=C[SiH2]O[SiH3]. The summed E-state index contributed by atoms with van der Waals surface area (Å²) in [6.07, 6.45) is 1.57. The number of carbonyl (C=O) groups is 1. The minimum absolute atomic E-state index is 0.0335. The predicted molar refractivity (Wildman–Crippen MR) is 47.4 cm³/mol. The maximum atomic E-state index is 10.8. The molecule has 0 heterocycles. The Bertz CT molecular complexity index is 136. The van der Waals surface area contributed by atoms with Crippen molar-refractivity contribution in [2.75, 3.05) is 14.1 Å². The molecule has 0 aromatic rings. The monoisotopic (exact) mass is 175 g/mol. The van der Waals surface area contributed by atoms with E-state index in [1.54, 1.807) is 20.2 Å². The van der Waals surface area contributed by atoms with Gasteiger partial charge in [0.15, 0.2) is 9.76 Å². The third kappa shape index (κ3) is 4.48. The highest BCUT2D eigenvalue weighted by Gasteiger charge is 1.94. The van der Waals surface area contributed by atoms with Gasteiger partial charge in [-0.2, -0.15) is 0 Å². The normalized spacial score (nSPS) is 11.8. The van der Waals surface area contributed by atoms with Crippen LogP contribution in [0.2, 0.25) is 0 Å². The maximum Gasteiger partial charge on any atom is 0.245 e. The first-order valence-corrected chi connectivity index (χ1v) is 5.26. The number of hydrogen-bond acceptors (Lipinski definition) is 2. The highest BCUT2D eigenvalue weighted by atomic mass is 28.3. The van der Waals surface area contributed by atoms with Crippen LogP contribution in [0.4, 0.5) is 0 Å². The number of amides is 1. The van der Waals surface area contributed by atoms with Crippen LogP contribution in [0.15, 0.2) is 11.8 Å². The molecule has 58 valence electrons. The second kappa shape index (κ2) is 5.39. The Labute approximate surface area is 66.5 Å². The van der Waals surface area contributed by atoms with E-state index in [1.807, 2.05) is 5.70 Å². The summed E-state index contributed by atoms with van der Waals surface area (Å²) < 4.78 is 4.99.